The molecular formula is C11H15NO3. The highest BCUT2D eigenvalue weighted by Gasteiger charge is 2.19. The third-order valence-electron chi connectivity index (χ3n) is 2.05. The van der Waals surface area contributed by atoms with Crippen LogP contribution < -0.4 is 5.32 Å². The van der Waals surface area contributed by atoms with Crippen molar-refractivity contribution in [3.05, 3.63) is 29.8 Å². The van der Waals surface area contributed by atoms with Crippen LogP contribution >= 0.6 is 0 Å². The first-order valence-electron chi connectivity index (χ1n) is 4.79. The minimum Gasteiger partial charge on any atom is -0.508 e. The van der Waals surface area contributed by atoms with Gasteiger partial charge < -0.3 is 15.2 Å². The van der Waals surface area contributed by atoms with Crippen molar-refractivity contribution in [3.8, 4) is 5.75 Å². The molecule has 4 heteroatoms. The topological polar surface area (TPSA) is 58.6 Å². The minimum atomic E-state index is -0.521. The van der Waals surface area contributed by atoms with Gasteiger partial charge in [0, 0.05) is 0 Å². The summed E-state index contributed by atoms with van der Waals surface area (Å²) in [6.07, 6.45) is 0. The molecule has 0 aromatic heterocycles. The Bertz CT molecular complexity index is 338. The van der Waals surface area contributed by atoms with Gasteiger partial charge in [-0.25, -0.2) is 4.79 Å². The number of carbonyl (C=O) groups is 1. The van der Waals surface area contributed by atoms with Crippen molar-refractivity contribution in [2.45, 2.75) is 13.0 Å². The minimum absolute atomic E-state index is 0.138. The molecule has 82 valence electrons. The Balaban J connectivity index is 2.93. The third kappa shape index (κ3) is 2.95. The van der Waals surface area contributed by atoms with E-state index in [-0.39, 0.29) is 11.7 Å². The number of phenolic OH excluding ortho intramolecular Hbond substituents is 1. The summed E-state index contributed by atoms with van der Waals surface area (Å²) in [5, 5.41) is 12.3. The summed E-state index contributed by atoms with van der Waals surface area (Å²) >= 11 is 0. The molecule has 0 fully saturated rings. The van der Waals surface area contributed by atoms with E-state index in [1.165, 1.54) is 7.11 Å². The Morgan fingerprint density at radius 2 is 2.33 bits per heavy atom. The van der Waals surface area contributed by atoms with Crippen LogP contribution in [0.2, 0.25) is 0 Å². The molecule has 0 heterocycles. The van der Waals surface area contributed by atoms with Crippen LogP contribution in [0, 0.1) is 0 Å². The van der Waals surface area contributed by atoms with Gasteiger partial charge in [0.1, 0.15) is 11.8 Å². The second-order valence-electron chi connectivity index (χ2n) is 3.11. The predicted octanol–water partition coefficient (Wildman–Crippen LogP) is 1.22. The van der Waals surface area contributed by atoms with Gasteiger partial charge in [0.05, 0.1) is 7.11 Å². The molecule has 1 rings (SSSR count). The molecule has 0 bridgehead atoms. The van der Waals surface area contributed by atoms with Gasteiger partial charge in [-0.15, -0.1) is 0 Å². The molecule has 4 nitrogen and oxygen atoms in total. The molecule has 0 amide bonds. The average Bonchev–Trinajstić information content (AvgIpc) is 2.25. The number of esters is 1. The standard InChI is InChI=1S/C11H15NO3/c1-3-12-10(11(14)15-2)8-5-4-6-9(13)7-8/h4-7,10,12-13H,3H2,1-2H3. The molecule has 1 aromatic carbocycles. The quantitative estimate of drug-likeness (QED) is 0.732. The highest BCUT2D eigenvalue weighted by Crippen LogP contribution is 2.19. The zero-order chi connectivity index (χ0) is 11.3. The Morgan fingerprint density at radius 3 is 2.87 bits per heavy atom. The van der Waals surface area contributed by atoms with E-state index < -0.39 is 6.04 Å². The van der Waals surface area contributed by atoms with Crippen LogP contribution in [-0.2, 0) is 9.53 Å². The predicted molar refractivity (Wildman–Crippen MR) is 56.5 cm³/mol. The Kier molecular flexibility index (Phi) is 4.12. The summed E-state index contributed by atoms with van der Waals surface area (Å²) in [5.74, 6) is -0.221. The van der Waals surface area contributed by atoms with Crippen molar-refractivity contribution in [1.82, 2.24) is 5.32 Å². The highest BCUT2D eigenvalue weighted by molar-refractivity contribution is 5.77. The van der Waals surface area contributed by atoms with E-state index in [0.717, 1.165) is 0 Å². The average molecular weight is 209 g/mol. The van der Waals surface area contributed by atoms with Gasteiger partial charge in [-0.2, -0.15) is 0 Å². The second kappa shape index (κ2) is 5.36. The number of likely N-dealkylation sites (N-methyl/N-ethyl adjacent to an activating group) is 1. The molecule has 2 N–H and O–H groups in total. The second-order valence-corrected chi connectivity index (χ2v) is 3.11. The lowest BCUT2D eigenvalue weighted by molar-refractivity contribution is -0.143. The van der Waals surface area contributed by atoms with E-state index in [2.05, 4.69) is 10.1 Å². The highest BCUT2D eigenvalue weighted by atomic mass is 16.5. The van der Waals surface area contributed by atoms with Crippen LogP contribution in [0.25, 0.3) is 0 Å². The molecule has 15 heavy (non-hydrogen) atoms. The molecule has 0 aliphatic rings. The molecule has 0 aliphatic carbocycles. The first-order chi connectivity index (χ1) is 7.19. The summed E-state index contributed by atoms with van der Waals surface area (Å²) in [6.45, 7) is 2.55. The maximum Gasteiger partial charge on any atom is 0.327 e. The lowest BCUT2D eigenvalue weighted by Crippen LogP contribution is -2.29. The van der Waals surface area contributed by atoms with Gasteiger partial charge >= 0.3 is 5.97 Å². The maximum absolute atomic E-state index is 11.4. The lowest BCUT2D eigenvalue weighted by atomic mass is 10.1. The smallest absolute Gasteiger partial charge is 0.327 e. The largest absolute Gasteiger partial charge is 0.508 e. The SMILES string of the molecule is CCNC(C(=O)OC)c1cccc(O)c1. The molecule has 0 spiro atoms. The number of aromatic hydroxyl groups is 1. The maximum atomic E-state index is 11.4. The van der Waals surface area contributed by atoms with Gasteiger partial charge in [-0.1, -0.05) is 19.1 Å². The number of ether oxygens (including phenoxy) is 1. The number of hydrogen-bond acceptors (Lipinski definition) is 4. The molecule has 0 radical (unpaired) electrons. The Labute approximate surface area is 88.9 Å². The zero-order valence-corrected chi connectivity index (χ0v) is 8.86. The number of hydrogen-bond donors (Lipinski definition) is 2. The van der Waals surface area contributed by atoms with E-state index >= 15 is 0 Å². The van der Waals surface area contributed by atoms with E-state index in [9.17, 15) is 9.90 Å². The van der Waals surface area contributed by atoms with Gasteiger partial charge in [0.2, 0.25) is 0 Å². The van der Waals surface area contributed by atoms with Gasteiger partial charge in [0.15, 0.2) is 0 Å². The zero-order valence-electron chi connectivity index (χ0n) is 8.86. The van der Waals surface area contributed by atoms with Crippen LogP contribution in [0.5, 0.6) is 5.75 Å². The lowest BCUT2D eigenvalue weighted by Gasteiger charge is -2.15. The molecule has 0 saturated heterocycles. The number of benzene rings is 1. The van der Waals surface area contributed by atoms with Crippen molar-refractivity contribution in [2.75, 3.05) is 13.7 Å². The molecule has 0 saturated carbocycles. The normalized spacial score (nSPS) is 12.1. The summed E-state index contributed by atoms with van der Waals surface area (Å²) in [5.41, 5.74) is 0.698. The van der Waals surface area contributed by atoms with E-state index in [0.29, 0.717) is 12.1 Å². The van der Waals surface area contributed by atoms with Gasteiger partial charge in [-0.05, 0) is 24.2 Å². The van der Waals surface area contributed by atoms with Crippen LogP contribution in [0.4, 0.5) is 0 Å². The van der Waals surface area contributed by atoms with Crippen molar-refractivity contribution < 1.29 is 14.6 Å². The molecule has 1 atom stereocenters. The van der Waals surface area contributed by atoms with Gasteiger partial charge in [0.25, 0.3) is 0 Å². The molecule has 1 unspecified atom stereocenters. The van der Waals surface area contributed by atoms with Crippen molar-refractivity contribution in [1.29, 1.82) is 0 Å². The third-order valence-corrected chi connectivity index (χ3v) is 2.05. The summed E-state index contributed by atoms with van der Waals surface area (Å²) in [7, 11) is 1.34. The summed E-state index contributed by atoms with van der Waals surface area (Å²) in [4.78, 5) is 11.4. The van der Waals surface area contributed by atoms with E-state index in [1.807, 2.05) is 6.92 Å². The van der Waals surface area contributed by atoms with Crippen molar-refractivity contribution in [2.24, 2.45) is 0 Å². The fourth-order valence-electron chi connectivity index (χ4n) is 1.36. The molecule has 0 aliphatic heterocycles. The van der Waals surface area contributed by atoms with Crippen LogP contribution in [-0.4, -0.2) is 24.7 Å². The number of carbonyl (C=O) groups excluding carboxylic acids is 1. The fraction of sp³-hybridized carbons (Fsp3) is 0.364. The Hall–Kier alpha value is -1.55. The van der Waals surface area contributed by atoms with Crippen LogP contribution in [0.15, 0.2) is 24.3 Å². The summed E-state index contributed by atoms with van der Waals surface area (Å²) in [6, 6.07) is 6.04. The molecular weight excluding hydrogens is 194 g/mol. The van der Waals surface area contributed by atoms with Gasteiger partial charge in [-0.3, -0.25) is 0 Å². The first-order valence-corrected chi connectivity index (χ1v) is 4.79. The van der Waals surface area contributed by atoms with E-state index in [4.69, 9.17) is 0 Å². The van der Waals surface area contributed by atoms with Crippen molar-refractivity contribution in [3.63, 3.8) is 0 Å². The number of rotatable bonds is 4. The Morgan fingerprint density at radius 1 is 1.60 bits per heavy atom. The molecule has 1 aromatic rings. The monoisotopic (exact) mass is 209 g/mol. The van der Waals surface area contributed by atoms with E-state index in [1.54, 1.807) is 24.3 Å². The number of nitrogens with one attached hydrogen (secondary N) is 1. The van der Waals surface area contributed by atoms with Crippen LogP contribution in [0.3, 0.4) is 0 Å². The summed E-state index contributed by atoms with van der Waals surface area (Å²) < 4.78 is 4.68. The number of methoxy groups -OCH3 is 1. The number of phenols is 1. The first kappa shape index (κ1) is 11.5. The van der Waals surface area contributed by atoms with Crippen LogP contribution in [0.1, 0.15) is 18.5 Å². The van der Waals surface area contributed by atoms with Crippen molar-refractivity contribution >= 4 is 5.97 Å². The fourth-order valence-corrected chi connectivity index (χ4v) is 1.36.